The molecule has 1 saturated heterocycles. The van der Waals surface area contributed by atoms with Crippen molar-refractivity contribution in [3.8, 4) is 0 Å². The van der Waals surface area contributed by atoms with E-state index in [4.69, 9.17) is 4.18 Å². The Bertz CT molecular complexity index is 833. The number of hydrogen-bond acceptors (Lipinski definition) is 4. The molecule has 0 radical (unpaired) electrons. The molecular formula is C20H25NO3S. The number of rotatable bonds is 5. The number of aryl methyl sites for hydroxylation is 1. The van der Waals surface area contributed by atoms with Gasteiger partial charge in [-0.1, -0.05) is 48.0 Å². The number of benzene rings is 2. The van der Waals surface area contributed by atoms with Gasteiger partial charge in [0.15, 0.2) is 0 Å². The molecule has 134 valence electrons. The van der Waals surface area contributed by atoms with E-state index in [1.807, 2.05) is 25.1 Å². The quantitative estimate of drug-likeness (QED) is 0.764. The molecule has 0 amide bonds. The average molecular weight is 359 g/mol. The standard InChI is InChI=1S/C20H25NO3S/c1-15-9-10-20(25(22,23)24-3)19(11-15)18-12-16(2)21(14-18)13-17-7-5-4-6-8-17/h4-11,16,18H,12-14H2,1-3H3/t16-,18-/m1/s1. The molecule has 1 fully saturated rings. The Labute approximate surface area is 150 Å². The highest BCUT2D eigenvalue weighted by atomic mass is 32.2. The largest absolute Gasteiger partial charge is 0.296 e. The Morgan fingerprint density at radius 3 is 2.56 bits per heavy atom. The van der Waals surface area contributed by atoms with Gasteiger partial charge in [-0.15, -0.1) is 0 Å². The van der Waals surface area contributed by atoms with Crippen LogP contribution in [0, 0.1) is 6.92 Å². The van der Waals surface area contributed by atoms with Crippen molar-refractivity contribution in [2.45, 2.75) is 43.7 Å². The summed E-state index contributed by atoms with van der Waals surface area (Å²) in [5.74, 6) is 0.193. The predicted octanol–water partition coefficient (Wildman–Crippen LogP) is 3.71. The number of hydrogen-bond donors (Lipinski definition) is 0. The molecule has 0 N–H and O–H groups in total. The zero-order valence-corrected chi connectivity index (χ0v) is 15.8. The summed E-state index contributed by atoms with van der Waals surface area (Å²) >= 11 is 0. The van der Waals surface area contributed by atoms with E-state index in [2.05, 4.69) is 36.1 Å². The van der Waals surface area contributed by atoms with Gasteiger partial charge in [-0.2, -0.15) is 8.42 Å². The van der Waals surface area contributed by atoms with Gasteiger partial charge in [0.05, 0.1) is 12.0 Å². The second-order valence-corrected chi connectivity index (χ2v) is 8.54. The Hall–Kier alpha value is -1.69. The Kier molecular flexibility index (Phi) is 5.27. The van der Waals surface area contributed by atoms with E-state index in [1.54, 1.807) is 6.07 Å². The Morgan fingerprint density at radius 2 is 1.88 bits per heavy atom. The first-order valence-corrected chi connectivity index (χ1v) is 10.0. The third-order valence-corrected chi connectivity index (χ3v) is 6.38. The van der Waals surface area contributed by atoms with Crippen molar-refractivity contribution in [3.05, 3.63) is 65.2 Å². The van der Waals surface area contributed by atoms with Gasteiger partial charge in [-0.05, 0) is 43.4 Å². The summed E-state index contributed by atoms with van der Waals surface area (Å²) in [5.41, 5.74) is 3.23. The maximum atomic E-state index is 12.3. The second-order valence-electron chi connectivity index (χ2n) is 6.86. The molecule has 0 saturated carbocycles. The van der Waals surface area contributed by atoms with Crippen LogP contribution >= 0.6 is 0 Å². The van der Waals surface area contributed by atoms with Gasteiger partial charge in [-0.3, -0.25) is 9.08 Å². The molecule has 3 rings (SSSR count). The van der Waals surface area contributed by atoms with Gasteiger partial charge in [0, 0.05) is 19.1 Å². The smallest absolute Gasteiger partial charge is 0.296 e. The maximum Gasteiger partial charge on any atom is 0.296 e. The van der Waals surface area contributed by atoms with E-state index in [0.29, 0.717) is 10.9 Å². The molecule has 2 aromatic rings. The van der Waals surface area contributed by atoms with Crippen LogP contribution in [-0.2, 0) is 20.8 Å². The van der Waals surface area contributed by atoms with E-state index >= 15 is 0 Å². The minimum Gasteiger partial charge on any atom is -0.296 e. The van der Waals surface area contributed by atoms with Crippen LogP contribution in [0.15, 0.2) is 53.4 Å². The topological polar surface area (TPSA) is 46.6 Å². The summed E-state index contributed by atoms with van der Waals surface area (Å²) in [5, 5.41) is 0. The van der Waals surface area contributed by atoms with Crippen molar-refractivity contribution in [3.63, 3.8) is 0 Å². The first-order chi connectivity index (χ1) is 11.9. The van der Waals surface area contributed by atoms with Crippen molar-refractivity contribution in [1.82, 2.24) is 4.90 Å². The minimum absolute atomic E-state index is 0.193. The first-order valence-electron chi connectivity index (χ1n) is 8.60. The van der Waals surface area contributed by atoms with Gasteiger partial charge in [0.2, 0.25) is 0 Å². The summed E-state index contributed by atoms with van der Waals surface area (Å²) < 4.78 is 29.4. The van der Waals surface area contributed by atoms with Crippen LogP contribution in [-0.4, -0.2) is 33.0 Å². The molecule has 0 bridgehead atoms. The van der Waals surface area contributed by atoms with E-state index in [-0.39, 0.29) is 5.92 Å². The van der Waals surface area contributed by atoms with Gasteiger partial charge < -0.3 is 0 Å². The lowest BCUT2D eigenvalue weighted by atomic mass is 9.95. The van der Waals surface area contributed by atoms with Crippen LogP contribution in [0.2, 0.25) is 0 Å². The highest BCUT2D eigenvalue weighted by Crippen LogP contribution is 2.36. The Morgan fingerprint density at radius 1 is 1.16 bits per heavy atom. The van der Waals surface area contributed by atoms with Gasteiger partial charge >= 0.3 is 0 Å². The highest BCUT2D eigenvalue weighted by Gasteiger charge is 2.33. The summed E-state index contributed by atoms with van der Waals surface area (Å²) in [7, 11) is -2.48. The van der Waals surface area contributed by atoms with Crippen molar-refractivity contribution in [2.24, 2.45) is 0 Å². The van der Waals surface area contributed by atoms with Gasteiger partial charge in [0.1, 0.15) is 0 Å². The van der Waals surface area contributed by atoms with E-state index in [0.717, 1.165) is 30.6 Å². The van der Waals surface area contributed by atoms with E-state index < -0.39 is 10.1 Å². The molecule has 25 heavy (non-hydrogen) atoms. The molecule has 0 spiro atoms. The fourth-order valence-corrected chi connectivity index (χ4v) is 4.59. The average Bonchev–Trinajstić information content (AvgIpc) is 2.96. The molecule has 0 unspecified atom stereocenters. The fraction of sp³-hybridized carbons (Fsp3) is 0.400. The van der Waals surface area contributed by atoms with Crippen LogP contribution in [0.4, 0.5) is 0 Å². The zero-order valence-electron chi connectivity index (χ0n) is 15.0. The van der Waals surface area contributed by atoms with Crippen molar-refractivity contribution in [2.75, 3.05) is 13.7 Å². The lowest BCUT2D eigenvalue weighted by Gasteiger charge is -2.21. The third kappa shape index (κ3) is 3.94. The molecule has 5 heteroatoms. The van der Waals surface area contributed by atoms with Crippen molar-refractivity contribution in [1.29, 1.82) is 0 Å². The lowest BCUT2D eigenvalue weighted by molar-refractivity contribution is 0.258. The summed E-state index contributed by atoms with van der Waals surface area (Å²) in [6.07, 6.45) is 0.947. The maximum absolute atomic E-state index is 12.3. The van der Waals surface area contributed by atoms with Crippen molar-refractivity contribution < 1.29 is 12.6 Å². The molecule has 1 heterocycles. The molecule has 0 aromatic heterocycles. The zero-order chi connectivity index (χ0) is 18.0. The SMILES string of the molecule is COS(=O)(=O)c1ccc(C)cc1[C@@H]1C[C@@H](C)N(Cc2ccccc2)C1. The molecule has 1 aliphatic heterocycles. The molecule has 1 aliphatic rings. The third-order valence-electron chi connectivity index (χ3n) is 5.03. The number of nitrogens with zero attached hydrogens (tertiary/aromatic N) is 1. The van der Waals surface area contributed by atoms with Gasteiger partial charge in [0.25, 0.3) is 10.1 Å². The predicted molar refractivity (Wildman–Crippen MR) is 99.0 cm³/mol. The summed E-state index contributed by atoms with van der Waals surface area (Å²) in [6.45, 7) is 5.94. The number of likely N-dealkylation sites (tertiary alicyclic amines) is 1. The van der Waals surface area contributed by atoms with Crippen LogP contribution < -0.4 is 0 Å². The van der Waals surface area contributed by atoms with Crippen LogP contribution in [0.3, 0.4) is 0 Å². The van der Waals surface area contributed by atoms with Crippen LogP contribution in [0.5, 0.6) is 0 Å². The summed E-state index contributed by atoms with van der Waals surface area (Å²) in [6, 6.07) is 16.3. The molecule has 2 aromatic carbocycles. The molecule has 4 nitrogen and oxygen atoms in total. The molecular weight excluding hydrogens is 334 g/mol. The molecule has 2 atom stereocenters. The van der Waals surface area contributed by atoms with Crippen LogP contribution in [0.1, 0.15) is 36.0 Å². The van der Waals surface area contributed by atoms with Crippen molar-refractivity contribution >= 4 is 10.1 Å². The Balaban J connectivity index is 1.87. The van der Waals surface area contributed by atoms with Gasteiger partial charge in [-0.25, -0.2) is 0 Å². The van der Waals surface area contributed by atoms with Crippen LogP contribution in [0.25, 0.3) is 0 Å². The highest BCUT2D eigenvalue weighted by molar-refractivity contribution is 7.86. The van der Waals surface area contributed by atoms with E-state index in [9.17, 15) is 8.42 Å². The summed E-state index contributed by atoms with van der Waals surface area (Å²) in [4.78, 5) is 2.73. The monoisotopic (exact) mass is 359 g/mol. The lowest BCUT2D eigenvalue weighted by Crippen LogP contribution is -2.26. The minimum atomic E-state index is -3.70. The fourth-order valence-electron chi connectivity index (χ4n) is 3.67. The first kappa shape index (κ1) is 18.1. The second kappa shape index (κ2) is 7.28. The van der Waals surface area contributed by atoms with E-state index in [1.165, 1.54) is 12.7 Å². The normalized spacial score (nSPS) is 21.6. The molecule has 0 aliphatic carbocycles.